The van der Waals surface area contributed by atoms with Crippen molar-refractivity contribution in [2.75, 3.05) is 11.9 Å². The number of benzene rings is 1. The van der Waals surface area contributed by atoms with E-state index in [0.717, 1.165) is 0 Å². The summed E-state index contributed by atoms with van der Waals surface area (Å²) in [5.74, 6) is 0. The maximum absolute atomic E-state index is 10.6. The van der Waals surface area contributed by atoms with Crippen LogP contribution in [-0.2, 0) is 0 Å². The summed E-state index contributed by atoms with van der Waals surface area (Å²) in [6, 6.07) is 4.77. The van der Waals surface area contributed by atoms with Gasteiger partial charge in [-0.3, -0.25) is 10.1 Å². The molecule has 1 N–H and O–H groups in total. The van der Waals surface area contributed by atoms with E-state index < -0.39 is 4.92 Å². The number of oxazole rings is 1. The molecule has 0 radical (unpaired) electrons. The molecule has 6 nitrogen and oxygen atoms in total. The van der Waals surface area contributed by atoms with Crippen molar-refractivity contribution in [2.24, 2.45) is 5.41 Å². The van der Waals surface area contributed by atoms with Gasteiger partial charge in [0.1, 0.15) is 5.52 Å². The minimum atomic E-state index is -0.454. The number of hydrogen-bond donors (Lipinski definition) is 1. The molecule has 96 valence electrons. The van der Waals surface area contributed by atoms with Crippen LogP contribution in [0.3, 0.4) is 0 Å². The largest absolute Gasteiger partial charge is 0.423 e. The first-order valence-electron chi connectivity index (χ1n) is 5.64. The van der Waals surface area contributed by atoms with E-state index in [1.807, 2.05) is 0 Å². The highest BCUT2D eigenvalue weighted by Crippen LogP contribution is 2.24. The molecule has 0 aliphatic heterocycles. The highest BCUT2D eigenvalue weighted by atomic mass is 16.6. The van der Waals surface area contributed by atoms with Crippen molar-refractivity contribution in [3.8, 4) is 0 Å². The number of fused-ring (bicyclic) bond motifs is 1. The Morgan fingerprint density at radius 1 is 1.44 bits per heavy atom. The van der Waals surface area contributed by atoms with Gasteiger partial charge in [-0.2, -0.15) is 4.98 Å². The van der Waals surface area contributed by atoms with E-state index in [-0.39, 0.29) is 11.1 Å². The van der Waals surface area contributed by atoms with E-state index in [2.05, 4.69) is 31.1 Å². The van der Waals surface area contributed by atoms with Gasteiger partial charge in [0.05, 0.1) is 11.0 Å². The maximum atomic E-state index is 10.6. The number of rotatable bonds is 3. The third-order valence-corrected chi connectivity index (χ3v) is 2.35. The Balaban J connectivity index is 2.24. The molecule has 2 aromatic rings. The van der Waals surface area contributed by atoms with Crippen LogP contribution in [0.1, 0.15) is 20.8 Å². The first-order chi connectivity index (χ1) is 8.35. The summed E-state index contributed by atoms with van der Waals surface area (Å²) in [4.78, 5) is 14.4. The SMILES string of the molecule is CC(C)(C)CNc1nc2ccc([N+](=O)[O-])cc2o1. The van der Waals surface area contributed by atoms with Crippen LogP contribution in [0.4, 0.5) is 11.7 Å². The Kier molecular flexibility index (Phi) is 2.94. The van der Waals surface area contributed by atoms with Crippen LogP contribution in [0.25, 0.3) is 11.1 Å². The van der Waals surface area contributed by atoms with Gasteiger partial charge >= 0.3 is 0 Å². The third-order valence-electron chi connectivity index (χ3n) is 2.35. The average Bonchev–Trinajstić information content (AvgIpc) is 2.66. The molecule has 0 fully saturated rings. The molecule has 0 aliphatic carbocycles. The molecule has 6 heteroatoms. The van der Waals surface area contributed by atoms with Crippen molar-refractivity contribution in [1.29, 1.82) is 0 Å². The Morgan fingerprint density at radius 3 is 2.78 bits per heavy atom. The maximum Gasteiger partial charge on any atom is 0.295 e. The Labute approximate surface area is 104 Å². The molecule has 0 amide bonds. The average molecular weight is 249 g/mol. The van der Waals surface area contributed by atoms with Gasteiger partial charge < -0.3 is 9.73 Å². The molecule has 0 saturated carbocycles. The molecule has 0 saturated heterocycles. The first kappa shape index (κ1) is 12.3. The molecular weight excluding hydrogens is 234 g/mol. The molecule has 1 heterocycles. The van der Waals surface area contributed by atoms with Crippen LogP contribution in [0, 0.1) is 15.5 Å². The zero-order valence-corrected chi connectivity index (χ0v) is 10.6. The van der Waals surface area contributed by atoms with Crippen molar-refractivity contribution in [1.82, 2.24) is 4.98 Å². The van der Waals surface area contributed by atoms with Gasteiger partial charge in [0, 0.05) is 12.6 Å². The summed E-state index contributed by atoms with van der Waals surface area (Å²) in [6.45, 7) is 6.98. The second-order valence-corrected chi connectivity index (χ2v) is 5.34. The van der Waals surface area contributed by atoms with Crippen LogP contribution in [-0.4, -0.2) is 16.5 Å². The first-order valence-corrected chi connectivity index (χ1v) is 5.64. The van der Waals surface area contributed by atoms with Gasteiger partial charge in [0.15, 0.2) is 5.58 Å². The number of non-ortho nitro benzene ring substituents is 1. The lowest BCUT2D eigenvalue weighted by Crippen LogP contribution is -2.19. The molecule has 0 spiro atoms. The smallest absolute Gasteiger partial charge is 0.295 e. The van der Waals surface area contributed by atoms with Gasteiger partial charge in [-0.15, -0.1) is 0 Å². The van der Waals surface area contributed by atoms with Gasteiger partial charge in [-0.05, 0) is 11.5 Å². The molecule has 1 aromatic heterocycles. The van der Waals surface area contributed by atoms with Crippen LogP contribution in [0.15, 0.2) is 22.6 Å². The minimum Gasteiger partial charge on any atom is -0.423 e. The van der Waals surface area contributed by atoms with E-state index in [1.54, 1.807) is 6.07 Å². The highest BCUT2D eigenvalue weighted by Gasteiger charge is 2.14. The molecular formula is C12H15N3O3. The van der Waals surface area contributed by atoms with E-state index >= 15 is 0 Å². The van der Waals surface area contributed by atoms with Gasteiger partial charge in [0.25, 0.3) is 11.7 Å². The van der Waals surface area contributed by atoms with Crippen LogP contribution < -0.4 is 5.32 Å². The number of nitrogens with zero attached hydrogens (tertiary/aromatic N) is 2. The van der Waals surface area contributed by atoms with Crippen LogP contribution in [0.2, 0.25) is 0 Å². The second-order valence-electron chi connectivity index (χ2n) is 5.34. The summed E-state index contributed by atoms with van der Waals surface area (Å²) >= 11 is 0. The van der Waals surface area contributed by atoms with E-state index in [9.17, 15) is 10.1 Å². The number of nitro groups is 1. The lowest BCUT2D eigenvalue weighted by Gasteiger charge is -2.17. The van der Waals surface area contributed by atoms with E-state index in [0.29, 0.717) is 23.7 Å². The monoisotopic (exact) mass is 249 g/mol. The summed E-state index contributed by atoms with van der Waals surface area (Å²) in [5.41, 5.74) is 1.13. The van der Waals surface area contributed by atoms with Crippen molar-refractivity contribution < 1.29 is 9.34 Å². The highest BCUT2D eigenvalue weighted by molar-refractivity contribution is 5.77. The normalized spacial score (nSPS) is 11.7. The van der Waals surface area contributed by atoms with Gasteiger partial charge in [-0.1, -0.05) is 20.8 Å². The van der Waals surface area contributed by atoms with Crippen LogP contribution >= 0.6 is 0 Å². The Morgan fingerprint density at radius 2 is 2.17 bits per heavy atom. The lowest BCUT2D eigenvalue weighted by molar-refractivity contribution is -0.384. The van der Waals surface area contributed by atoms with Crippen molar-refractivity contribution >= 4 is 22.8 Å². The fourth-order valence-electron chi connectivity index (χ4n) is 1.44. The molecule has 2 rings (SSSR count). The Hall–Kier alpha value is -2.11. The summed E-state index contributed by atoms with van der Waals surface area (Å²) in [6.07, 6.45) is 0. The number of nitro benzene ring substituents is 1. The molecule has 18 heavy (non-hydrogen) atoms. The minimum absolute atomic E-state index is 0.000946. The molecule has 0 atom stereocenters. The third kappa shape index (κ3) is 2.77. The lowest BCUT2D eigenvalue weighted by atomic mass is 9.97. The van der Waals surface area contributed by atoms with Gasteiger partial charge in [0.2, 0.25) is 0 Å². The van der Waals surface area contributed by atoms with E-state index in [4.69, 9.17) is 4.42 Å². The van der Waals surface area contributed by atoms with Crippen molar-refractivity contribution in [2.45, 2.75) is 20.8 Å². The fourth-order valence-corrected chi connectivity index (χ4v) is 1.44. The number of anilines is 1. The second kappa shape index (κ2) is 4.29. The predicted octanol–water partition coefficient (Wildman–Crippen LogP) is 3.19. The predicted molar refractivity (Wildman–Crippen MR) is 68.6 cm³/mol. The van der Waals surface area contributed by atoms with Crippen molar-refractivity contribution in [3.05, 3.63) is 28.3 Å². The van der Waals surface area contributed by atoms with Crippen molar-refractivity contribution in [3.63, 3.8) is 0 Å². The number of aromatic nitrogens is 1. The number of hydrogen-bond acceptors (Lipinski definition) is 5. The molecule has 0 unspecified atom stereocenters. The van der Waals surface area contributed by atoms with Gasteiger partial charge in [-0.25, -0.2) is 0 Å². The Bertz CT molecular complexity index is 584. The zero-order chi connectivity index (χ0) is 13.3. The number of nitrogens with one attached hydrogen (secondary N) is 1. The molecule has 1 aromatic carbocycles. The standard InChI is InChI=1S/C12H15N3O3/c1-12(2,3)7-13-11-14-9-5-4-8(15(16)17)6-10(9)18-11/h4-6H,7H2,1-3H3,(H,13,14). The summed E-state index contributed by atoms with van der Waals surface area (Å²) in [7, 11) is 0. The van der Waals surface area contributed by atoms with Crippen LogP contribution in [0.5, 0.6) is 0 Å². The van der Waals surface area contributed by atoms with E-state index in [1.165, 1.54) is 12.1 Å². The molecule has 0 aliphatic rings. The topological polar surface area (TPSA) is 81.2 Å². The summed E-state index contributed by atoms with van der Waals surface area (Å²) in [5, 5.41) is 13.7. The quantitative estimate of drug-likeness (QED) is 0.667. The fraction of sp³-hybridized carbons (Fsp3) is 0.417. The molecule has 0 bridgehead atoms. The zero-order valence-electron chi connectivity index (χ0n) is 10.6. The summed E-state index contributed by atoms with van der Waals surface area (Å²) < 4.78 is 5.43.